The van der Waals surface area contributed by atoms with Crippen LogP contribution in [0, 0.1) is 0 Å². The first-order chi connectivity index (χ1) is 13.7. The van der Waals surface area contributed by atoms with E-state index in [-0.39, 0.29) is 5.91 Å². The van der Waals surface area contributed by atoms with Crippen molar-refractivity contribution in [1.29, 1.82) is 0 Å². The highest BCUT2D eigenvalue weighted by Crippen LogP contribution is 2.32. The van der Waals surface area contributed by atoms with Gasteiger partial charge < -0.3 is 19.3 Å². The topological polar surface area (TPSA) is 54.9 Å². The quantitative estimate of drug-likeness (QED) is 0.803. The first kappa shape index (κ1) is 17.6. The van der Waals surface area contributed by atoms with Crippen molar-refractivity contribution in [2.75, 3.05) is 37.7 Å². The fourth-order valence-corrected chi connectivity index (χ4v) is 4.41. The molecule has 0 radical (unpaired) electrons. The number of amides is 1. The van der Waals surface area contributed by atoms with Crippen LogP contribution in [0.15, 0.2) is 42.6 Å². The van der Waals surface area contributed by atoms with Crippen molar-refractivity contribution in [3.8, 4) is 0 Å². The minimum absolute atomic E-state index is 0.0379. The molecule has 1 amide bonds. The van der Waals surface area contributed by atoms with Crippen LogP contribution in [0.5, 0.6) is 0 Å². The third-order valence-electron chi connectivity index (χ3n) is 6.08. The molecule has 0 N–H and O–H groups in total. The molecule has 1 spiro atoms. The summed E-state index contributed by atoms with van der Waals surface area (Å²) in [5, 5.41) is 0. The van der Waals surface area contributed by atoms with E-state index in [0.717, 1.165) is 38.2 Å². The zero-order valence-corrected chi connectivity index (χ0v) is 16.0. The molecule has 6 heteroatoms. The molecule has 1 aromatic carbocycles. The van der Waals surface area contributed by atoms with Gasteiger partial charge >= 0.3 is 0 Å². The summed E-state index contributed by atoms with van der Waals surface area (Å²) in [6.45, 7) is 4.43. The Morgan fingerprint density at radius 3 is 2.43 bits per heavy atom. The molecule has 4 heterocycles. The van der Waals surface area contributed by atoms with Crippen LogP contribution in [-0.2, 0) is 22.4 Å². The smallest absolute Gasteiger partial charge is 0.255 e. The summed E-state index contributed by atoms with van der Waals surface area (Å²) < 4.78 is 11.5. The highest BCUT2D eigenvalue weighted by Gasteiger charge is 2.40. The largest absolute Gasteiger partial charge is 0.352 e. The Morgan fingerprint density at radius 1 is 0.964 bits per heavy atom. The molecule has 146 valence electrons. The first-order valence-electron chi connectivity index (χ1n) is 10.1. The summed E-state index contributed by atoms with van der Waals surface area (Å²) in [7, 11) is 0. The second kappa shape index (κ2) is 7.18. The van der Waals surface area contributed by atoms with Gasteiger partial charge in [-0.2, -0.15) is 0 Å². The molecule has 5 rings (SSSR count). The van der Waals surface area contributed by atoms with Crippen molar-refractivity contribution in [1.82, 2.24) is 9.88 Å². The highest BCUT2D eigenvalue weighted by molar-refractivity contribution is 5.94. The molecule has 6 nitrogen and oxygen atoms in total. The average molecular weight is 379 g/mol. The van der Waals surface area contributed by atoms with Crippen molar-refractivity contribution >= 4 is 11.7 Å². The number of benzene rings is 1. The van der Waals surface area contributed by atoms with Crippen molar-refractivity contribution in [2.45, 2.75) is 31.6 Å². The van der Waals surface area contributed by atoms with Gasteiger partial charge in [-0.15, -0.1) is 0 Å². The van der Waals surface area contributed by atoms with E-state index in [9.17, 15) is 4.79 Å². The maximum absolute atomic E-state index is 12.8. The number of hydrogen-bond donors (Lipinski definition) is 0. The zero-order chi connectivity index (χ0) is 19.0. The van der Waals surface area contributed by atoms with Gasteiger partial charge in [-0.05, 0) is 29.7 Å². The maximum Gasteiger partial charge on any atom is 0.255 e. The number of ether oxygens (including phenoxy) is 2. The predicted octanol–water partition coefficient (Wildman–Crippen LogP) is 2.62. The number of piperidine rings is 1. The Labute approximate surface area is 165 Å². The van der Waals surface area contributed by atoms with E-state index in [1.165, 1.54) is 11.1 Å². The Balaban J connectivity index is 1.24. The van der Waals surface area contributed by atoms with Crippen LogP contribution in [0.2, 0.25) is 0 Å². The van der Waals surface area contributed by atoms with E-state index >= 15 is 0 Å². The van der Waals surface area contributed by atoms with Gasteiger partial charge in [-0.1, -0.05) is 24.3 Å². The number of carbonyl (C=O) groups excluding carboxylic acids is 1. The number of rotatable bonds is 2. The fourth-order valence-electron chi connectivity index (χ4n) is 4.41. The minimum atomic E-state index is -0.455. The van der Waals surface area contributed by atoms with E-state index in [1.807, 2.05) is 17.0 Å². The Hall–Kier alpha value is -2.44. The molecular formula is C22H25N3O3. The van der Waals surface area contributed by atoms with Gasteiger partial charge in [0.25, 0.3) is 5.91 Å². The van der Waals surface area contributed by atoms with Gasteiger partial charge in [-0.3, -0.25) is 4.79 Å². The van der Waals surface area contributed by atoms with Crippen LogP contribution in [0.25, 0.3) is 0 Å². The number of nitrogens with zero attached hydrogens (tertiary/aromatic N) is 3. The van der Waals surface area contributed by atoms with Crippen molar-refractivity contribution < 1.29 is 14.3 Å². The number of aromatic nitrogens is 1. The molecule has 3 aliphatic rings. The third kappa shape index (κ3) is 3.27. The Morgan fingerprint density at radius 2 is 1.71 bits per heavy atom. The standard InChI is InChI=1S/C22H25N3O3/c26-21(24-11-8-22(9-12-24)27-13-14-28-22)18-5-6-20(23-15-18)25-10-7-17-3-1-2-4-19(17)16-25/h1-6,15H,7-14,16H2. The van der Waals surface area contributed by atoms with Gasteiger partial charge in [0.1, 0.15) is 5.82 Å². The Bertz CT molecular complexity index is 852. The van der Waals surface area contributed by atoms with Gasteiger partial charge in [0.15, 0.2) is 5.79 Å². The monoisotopic (exact) mass is 379 g/mol. The van der Waals surface area contributed by atoms with Crippen LogP contribution in [0.4, 0.5) is 5.82 Å². The number of carbonyl (C=O) groups is 1. The molecule has 0 atom stereocenters. The lowest BCUT2D eigenvalue weighted by Crippen LogP contribution is -2.47. The summed E-state index contributed by atoms with van der Waals surface area (Å²) >= 11 is 0. The summed E-state index contributed by atoms with van der Waals surface area (Å²) in [6, 6.07) is 12.4. The van der Waals surface area contributed by atoms with Crippen molar-refractivity contribution in [3.05, 3.63) is 59.3 Å². The van der Waals surface area contributed by atoms with Gasteiger partial charge in [0, 0.05) is 45.2 Å². The molecule has 28 heavy (non-hydrogen) atoms. The maximum atomic E-state index is 12.8. The molecule has 2 saturated heterocycles. The van der Waals surface area contributed by atoms with Crippen LogP contribution in [0.1, 0.15) is 34.3 Å². The second-order valence-electron chi connectivity index (χ2n) is 7.75. The van der Waals surface area contributed by atoms with E-state index in [0.29, 0.717) is 31.9 Å². The highest BCUT2D eigenvalue weighted by atomic mass is 16.7. The summed E-state index contributed by atoms with van der Waals surface area (Å²) in [5.74, 6) is 0.510. The number of fused-ring (bicyclic) bond motifs is 1. The molecular weight excluding hydrogens is 354 g/mol. The van der Waals surface area contributed by atoms with E-state index in [4.69, 9.17) is 9.47 Å². The summed E-state index contributed by atoms with van der Waals surface area (Å²) in [6.07, 6.45) is 4.21. The predicted molar refractivity (Wildman–Crippen MR) is 105 cm³/mol. The molecule has 3 aliphatic heterocycles. The number of hydrogen-bond acceptors (Lipinski definition) is 5. The van der Waals surface area contributed by atoms with Crippen LogP contribution >= 0.6 is 0 Å². The first-order valence-corrected chi connectivity index (χ1v) is 10.1. The lowest BCUT2D eigenvalue weighted by Gasteiger charge is -2.37. The summed E-state index contributed by atoms with van der Waals surface area (Å²) in [5.41, 5.74) is 3.42. The zero-order valence-electron chi connectivity index (χ0n) is 16.0. The lowest BCUT2D eigenvalue weighted by atomic mass is 10.00. The molecule has 2 aromatic rings. The number of likely N-dealkylation sites (tertiary alicyclic amines) is 1. The lowest BCUT2D eigenvalue weighted by molar-refractivity contribution is -0.181. The molecule has 1 aromatic heterocycles. The van der Waals surface area contributed by atoms with Gasteiger partial charge in [0.2, 0.25) is 0 Å². The SMILES string of the molecule is O=C(c1ccc(N2CCc3ccccc3C2)nc1)N1CCC2(CC1)OCCO2. The van der Waals surface area contributed by atoms with Crippen LogP contribution in [-0.4, -0.2) is 54.4 Å². The summed E-state index contributed by atoms with van der Waals surface area (Å²) in [4.78, 5) is 21.6. The number of anilines is 1. The van der Waals surface area contributed by atoms with E-state index < -0.39 is 5.79 Å². The van der Waals surface area contributed by atoms with E-state index in [2.05, 4.69) is 34.1 Å². The van der Waals surface area contributed by atoms with Crippen molar-refractivity contribution in [2.24, 2.45) is 0 Å². The molecule has 0 saturated carbocycles. The fraction of sp³-hybridized carbons (Fsp3) is 0.455. The van der Waals surface area contributed by atoms with E-state index in [1.54, 1.807) is 6.20 Å². The van der Waals surface area contributed by atoms with Gasteiger partial charge in [0.05, 0.1) is 18.8 Å². The van der Waals surface area contributed by atoms with Gasteiger partial charge in [-0.25, -0.2) is 4.98 Å². The second-order valence-corrected chi connectivity index (χ2v) is 7.75. The third-order valence-corrected chi connectivity index (χ3v) is 6.08. The molecule has 2 fully saturated rings. The van der Waals surface area contributed by atoms with Crippen LogP contribution < -0.4 is 4.90 Å². The normalized spacial score (nSPS) is 21.0. The average Bonchev–Trinajstić information content (AvgIpc) is 3.21. The van der Waals surface area contributed by atoms with Crippen molar-refractivity contribution in [3.63, 3.8) is 0 Å². The Kier molecular flexibility index (Phi) is 4.53. The molecule has 0 bridgehead atoms. The minimum Gasteiger partial charge on any atom is -0.352 e. The molecule has 0 unspecified atom stereocenters. The number of pyridine rings is 1. The molecule has 0 aliphatic carbocycles. The van der Waals surface area contributed by atoms with Crippen LogP contribution in [0.3, 0.4) is 0 Å².